The van der Waals surface area contributed by atoms with Gasteiger partial charge < -0.3 is 15.1 Å². The Morgan fingerprint density at radius 3 is 2.50 bits per heavy atom. The van der Waals surface area contributed by atoms with E-state index in [4.69, 9.17) is 0 Å². The van der Waals surface area contributed by atoms with Crippen molar-refractivity contribution in [1.82, 2.24) is 4.57 Å². The minimum Gasteiger partial charge on any atom is -0.494 e. The van der Waals surface area contributed by atoms with Gasteiger partial charge >= 0.3 is 0 Å². The average Bonchev–Trinajstić information content (AvgIpc) is 2.87. The highest BCUT2D eigenvalue weighted by molar-refractivity contribution is 5.69. The standard InChI is InChI=1S/C14H16N2O2/c1-15-8-7-11-12(15)14(18)16(13(11)17)9-10-5-3-2-4-6-10/h2-6,17-18H,7-9H2,1H3. The first-order chi connectivity index (χ1) is 8.68. The molecule has 4 nitrogen and oxygen atoms in total. The van der Waals surface area contributed by atoms with Gasteiger partial charge in [0, 0.05) is 19.2 Å². The van der Waals surface area contributed by atoms with Crippen LogP contribution in [0, 0.1) is 0 Å². The van der Waals surface area contributed by atoms with Gasteiger partial charge in [0.25, 0.3) is 0 Å². The molecule has 1 aromatic carbocycles. The maximum Gasteiger partial charge on any atom is 0.218 e. The van der Waals surface area contributed by atoms with E-state index in [1.54, 1.807) is 4.57 Å². The van der Waals surface area contributed by atoms with E-state index in [1.807, 2.05) is 42.3 Å². The zero-order chi connectivity index (χ0) is 12.7. The maximum absolute atomic E-state index is 10.2. The van der Waals surface area contributed by atoms with Crippen molar-refractivity contribution in [3.05, 3.63) is 41.5 Å². The van der Waals surface area contributed by atoms with Crippen molar-refractivity contribution in [2.45, 2.75) is 13.0 Å². The monoisotopic (exact) mass is 244 g/mol. The first-order valence-corrected chi connectivity index (χ1v) is 6.07. The van der Waals surface area contributed by atoms with Gasteiger partial charge in [0.05, 0.1) is 6.54 Å². The summed E-state index contributed by atoms with van der Waals surface area (Å²) < 4.78 is 1.57. The Morgan fingerprint density at radius 1 is 1.11 bits per heavy atom. The van der Waals surface area contributed by atoms with Crippen LogP contribution >= 0.6 is 0 Å². The molecule has 0 saturated heterocycles. The lowest BCUT2D eigenvalue weighted by atomic mass is 10.2. The van der Waals surface area contributed by atoms with Crippen molar-refractivity contribution in [3.8, 4) is 11.8 Å². The number of nitrogens with zero attached hydrogens (tertiary/aromatic N) is 2. The number of hydrogen-bond donors (Lipinski definition) is 2. The summed E-state index contributed by atoms with van der Waals surface area (Å²) >= 11 is 0. The molecule has 0 unspecified atom stereocenters. The molecule has 0 spiro atoms. The Balaban J connectivity index is 2.02. The van der Waals surface area contributed by atoms with E-state index in [9.17, 15) is 10.2 Å². The van der Waals surface area contributed by atoms with E-state index in [-0.39, 0.29) is 11.8 Å². The van der Waals surface area contributed by atoms with Gasteiger partial charge in [0.1, 0.15) is 5.69 Å². The topological polar surface area (TPSA) is 48.6 Å². The van der Waals surface area contributed by atoms with Crippen LogP contribution in [-0.4, -0.2) is 28.4 Å². The lowest BCUT2D eigenvalue weighted by Crippen LogP contribution is -2.13. The van der Waals surface area contributed by atoms with Crippen LogP contribution in [0.5, 0.6) is 11.8 Å². The number of likely N-dealkylation sites (N-methyl/N-ethyl adjacent to an activating group) is 1. The van der Waals surface area contributed by atoms with Gasteiger partial charge in [-0.1, -0.05) is 30.3 Å². The molecule has 0 amide bonds. The quantitative estimate of drug-likeness (QED) is 0.848. The van der Waals surface area contributed by atoms with Crippen LogP contribution in [0.4, 0.5) is 5.69 Å². The predicted molar refractivity (Wildman–Crippen MR) is 70.3 cm³/mol. The van der Waals surface area contributed by atoms with Gasteiger partial charge in [-0.15, -0.1) is 0 Å². The maximum atomic E-state index is 10.2. The van der Waals surface area contributed by atoms with Crippen LogP contribution in [0.2, 0.25) is 0 Å². The number of aromatic hydroxyl groups is 2. The minimum atomic E-state index is 0.159. The van der Waals surface area contributed by atoms with Gasteiger partial charge in [-0.2, -0.15) is 0 Å². The largest absolute Gasteiger partial charge is 0.494 e. The molecular weight excluding hydrogens is 228 g/mol. The van der Waals surface area contributed by atoms with Crippen LogP contribution in [0.1, 0.15) is 11.1 Å². The Labute approximate surface area is 106 Å². The van der Waals surface area contributed by atoms with Crippen molar-refractivity contribution in [1.29, 1.82) is 0 Å². The second kappa shape index (κ2) is 3.98. The van der Waals surface area contributed by atoms with E-state index < -0.39 is 0 Å². The van der Waals surface area contributed by atoms with E-state index in [2.05, 4.69) is 0 Å². The third-order valence-electron chi connectivity index (χ3n) is 3.54. The van der Waals surface area contributed by atoms with Gasteiger partial charge in [-0.05, 0) is 12.0 Å². The number of hydrogen-bond acceptors (Lipinski definition) is 3. The molecule has 2 aromatic rings. The first-order valence-electron chi connectivity index (χ1n) is 6.07. The fraction of sp³-hybridized carbons (Fsp3) is 0.286. The fourth-order valence-corrected chi connectivity index (χ4v) is 2.57. The lowest BCUT2D eigenvalue weighted by Gasteiger charge is -2.13. The van der Waals surface area contributed by atoms with E-state index in [0.29, 0.717) is 6.54 Å². The number of aromatic nitrogens is 1. The van der Waals surface area contributed by atoms with Gasteiger partial charge in [-0.3, -0.25) is 4.57 Å². The smallest absolute Gasteiger partial charge is 0.218 e. The number of fused-ring (bicyclic) bond motifs is 1. The normalized spacial score (nSPS) is 13.9. The molecule has 4 heteroatoms. The highest BCUT2D eigenvalue weighted by Crippen LogP contribution is 2.44. The molecule has 0 fully saturated rings. The van der Waals surface area contributed by atoms with E-state index in [1.165, 1.54) is 0 Å². The SMILES string of the molecule is CN1CCc2c1c(O)n(Cc1ccccc1)c2O. The third kappa shape index (κ3) is 1.53. The molecule has 0 saturated carbocycles. The average molecular weight is 244 g/mol. The Morgan fingerprint density at radius 2 is 1.83 bits per heavy atom. The van der Waals surface area contributed by atoms with Gasteiger partial charge in [-0.25, -0.2) is 0 Å². The summed E-state index contributed by atoms with van der Waals surface area (Å²) in [6.45, 7) is 1.33. The van der Waals surface area contributed by atoms with Crippen molar-refractivity contribution in [2.24, 2.45) is 0 Å². The summed E-state index contributed by atoms with van der Waals surface area (Å²) in [6.07, 6.45) is 0.785. The molecule has 3 rings (SSSR count). The fourth-order valence-electron chi connectivity index (χ4n) is 2.57. The van der Waals surface area contributed by atoms with E-state index >= 15 is 0 Å². The number of benzene rings is 1. The molecule has 94 valence electrons. The van der Waals surface area contributed by atoms with Crippen LogP contribution in [-0.2, 0) is 13.0 Å². The minimum absolute atomic E-state index is 0.159. The van der Waals surface area contributed by atoms with Crippen molar-refractivity contribution >= 4 is 5.69 Å². The zero-order valence-corrected chi connectivity index (χ0v) is 10.3. The van der Waals surface area contributed by atoms with Crippen LogP contribution < -0.4 is 4.90 Å². The zero-order valence-electron chi connectivity index (χ0n) is 10.3. The molecule has 2 N–H and O–H groups in total. The molecule has 1 aromatic heterocycles. The Kier molecular flexibility index (Phi) is 2.44. The molecule has 0 aliphatic carbocycles. The summed E-state index contributed by atoms with van der Waals surface area (Å²) in [7, 11) is 1.93. The summed E-state index contributed by atoms with van der Waals surface area (Å²) in [4.78, 5) is 1.98. The molecule has 1 aliphatic heterocycles. The number of rotatable bonds is 2. The number of anilines is 1. The summed E-state index contributed by atoms with van der Waals surface area (Å²) in [5, 5.41) is 20.4. The second-order valence-electron chi connectivity index (χ2n) is 4.72. The molecule has 0 atom stereocenters. The Bertz CT molecular complexity index is 575. The first kappa shape index (κ1) is 11.0. The lowest BCUT2D eigenvalue weighted by molar-refractivity contribution is 0.374. The van der Waals surface area contributed by atoms with E-state index in [0.717, 1.165) is 29.8 Å². The molecule has 0 bridgehead atoms. The summed E-state index contributed by atoms with van der Waals surface area (Å²) in [5.41, 5.74) is 2.67. The van der Waals surface area contributed by atoms with Gasteiger partial charge in [0.2, 0.25) is 5.88 Å². The Hall–Kier alpha value is -2.10. The van der Waals surface area contributed by atoms with Crippen molar-refractivity contribution < 1.29 is 10.2 Å². The van der Waals surface area contributed by atoms with Gasteiger partial charge in [0.15, 0.2) is 5.88 Å². The van der Waals surface area contributed by atoms with Crippen LogP contribution in [0.25, 0.3) is 0 Å². The highest BCUT2D eigenvalue weighted by atomic mass is 16.3. The van der Waals surface area contributed by atoms with Crippen LogP contribution in [0.15, 0.2) is 30.3 Å². The van der Waals surface area contributed by atoms with Crippen molar-refractivity contribution in [3.63, 3.8) is 0 Å². The molecule has 2 heterocycles. The second-order valence-corrected chi connectivity index (χ2v) is 4.72. The molecule has 1 aliphatic rings. The summed E-state index contributed by atoms with van der Waals surface area (Å²) in [6, 6.07) is 9.81. The van der Waals surface area contributed by atoms with Crippen molar-refractivity contribution in [2.75, 3.05) is 18.5 Å². The predicted octanol–water partition coefficient (Wildman–Crippen LogP) is 1.94. The highest BCUT2D eigenvalue weighted by Gasteiger charge is 2.29. The van der Waals surface area contributed by atoms with Crippen LogP contribution in [0.3, 0.4) is 0 Å². The molecule has 0 radical (unpaired) electrons. The molecular formula is C14H16N2O2. The molecule has 18 heavy (non-hydrogen) atoms. The summed E-state index contributed by atoms with van der Waals surface area (Å²) in [5.74, 6) is 0.349. The third-order valence-corrected chi connectivity index (χ3v) is 3.54.